The largest absolute Gasteiger partial charge is 0.378 e. The quantitative estimate of drug-likeness (QED) is 0.921. The summed E-state index contributed by atoms with van der Waals surface area (Å²) in [6.45, 7) is 5.66. The molecule has 1 saturated heterocycles. The Morgan fingerprint density at radius 3 is 2.60 bits per heavy atom. The first kappa shape index (κ1) is 15.3. The first-order chi connectivity index (χ1) is 9.48. The van der Waals surface area contributed by atoms with Gasteiger partial charge in [0.2, 0.25) is 0 Å². The number of hydrogen-bond donors (Lipinski definition) is 1. The number of nitrogens with two attached hydrogens (primary N) is 1. The third kappa shape index (κ3) is 2.96. The summed E-state index contributed by atoms with van der Waals surface area (Å²) in [7, 11) is 2.04. The molecule has 4 heteroatoms. The fraction of sp³-hybridized carbons (Fsp3) is 0.625. The van der Waals surface area contributed by atoms with Crippen LogP contribution in [0.2, 0.25) is 0 Å². The summed E-state index contributed by atoms with van der Waals surface area (Å²) in [5.41, 5.74) is 6.99. The van der Waals surface area contributed by atoms with Crippen LogP contribution < -0.4 is 10.6 Å². The Kier molecular flexibility index (Phi) is 4.66. The molecule has 0 bridgehead atoms. The molecule has 1 fully saturated rings. The zero-order valence-corrected chi connectivity index (χ0v) is 12.6. The van der Waals surface area contributed by atoms with Crippen LogP contribution in [0.5, 0.6) is 0 Å². The van der Waals surface area contributed by atoms with E-state index in [-0.39, 0.29) is 17.5 Å². The van der Waals surface area contributed by atoms with Crippen LogP contribution >= 0.6 is 0 Å². The van der Waals surface area contributed by atoms with Crippen molar-refractivity contribution in [3.05, 3.63) is 30.1 Å². The lowest BCUT2D eigenvalue weighted by Crippen LogP contribution is -2.58. The molecule has 2 N–H and O–H groups in total. The molecule has 0 aliphatic carbocycles. The van der Waals surface area contributed by atoms with E-state index in [2.05, 4.69) is 18.7 Å². The van der Waals surface area contributed by atoms with E-state index < -0.39 is 0 Å². The fourth-order valence-corrected chi connectivity index (χ4v) is 2.93. The Balaban J connectivity index is 2.23. The second-order valence-corrected chi connectivity index (χ2v) is 6.07. The molecular formula is C16H25FN2O. The van der Waals surface area contributed by atoms with Crippen LogP contribution in [0.15, 0.2) is 24.3 Å². The predicted octanol–water partition coefficient (Wildman–Crippen LogP) is 2.79. The van der Waals surface area contributed by atoms with Gasteiger partial charge >= 0.3 is 0 Å². The molecule has 1 aromatic carbocycles. The summed E-state index contributed by atoms with van der Waals surface area (Å²) < 4.78 is 18.9. The van der Waals surface area contributed by atoms with Crippen molar-refractivity contribution < 1.29 is 9.13 Å². The van der Waals surface area contributed by atoms with Gasteiger partial charge in [-0.2, -0.15) is 0 Å². The average Bonchev–Trinajstić information content (AvgIpc) is 2.47. The van der Waals surface area contributed by atoms with Gasteiger partial charge in [-0.3, -0.25) is 0 Å². The van der Waals surface area contributed by atoms with Gasteiger partial charge in [0.05, 0.1) is 11.6 Å². The van der Waals surface area contributed by atoms with Crippen LogP contribution in [0.4, 0.5) is 10.1 Å². The number of ether oxygens (including phenoxy) is 1. The standard InChI is InChI=1S/C16H25FN2O/c1-12(2)15-10-16(11-18,8-9-20-15)19(3)14-6-4-13(17)5-7-14/h4-7,12,15H,8-11,18H2,1-3H3. The van der Waals surface area contributed by atoms with Crippen LogP contribution in [-0.4, -0.2) is 31.8 Å². The summed E-state index contributed by atoms with van der Waals surface area (Å²) in [5.74, 6) is 0.263. The minimum Gasteiger partial charge on any atom is -0.378 e. The van der Waals surface area contributed by atoms with E-state index in [9.17, 15) is 4.39 Å². The van der Waals surface area contributed by atoms with E-state index in [0.717, 1.165) is 25.1 Å². The van der Waals surface area contributed by atoms with Gasteiger partial charge in [-0.25, -0.2) is 4.39 Å². The summed E-state index contributed by atoms with van der Waals surface area (Å²) in [6, 6.07) is 6.61. The van der Waals surface area contributed by atoms with Gasteiger partial charge in [0.15, 0.2) is 0 Å². The van der Waals surface area contributed by atoms with Crippen LogP contribution in [0.1, 0.15) is 26.7 Å². The Labute approximate surface area is 120 Å². The summed E-state index contributed by atoms with van der Waals surface area (Å²) in [4.78, 5) is 2.20. The molecule has 1 aliphatic heterocycles. The van der Waals surface area contributed by atoms with Crippen LogP contribution in [0, 0.1) is 11.7 Å². The number of hydrogen-bond acceptors (Lipinski definition) is 3. The minimum atomic E-state index is -0.212. The highest BCUT2D eigenvalue weighted by molar-refractivity contribution is 5.48. The second-order valence-electron chi connectivity index (χ2n) is 6.07. The maximum Gasteiger partial charge on any atom is 0.123 e. The Bertz CT molecular complexity index is 435. The molecule has 112 valence electrons. The van der Waals surface area contributed by atoms with E-state index in [1.165, 1.54) is 12.1 Å². The van der Waals surface area contributed by atoms with Crippen molar-refractivity contribution in [2.75, 3.05) is 25.1 Å². The number of nitrogens with zero attached hydrogens (tertiary/aromatic N) is 1. The lowest BCUT2D eigenvalue weighted by molar-refractivity contribution is -0.0412. The van der Waals surface area contributed by atoms with Gasteiger partial charge in [-0.1, -0.05) is 13.8 Å². The molecule has 1 aromatic rings. The van der Waals surface area contributed by atoms with Crippen molar-refractivity contribution in [3.63, 3.8) is 0 Å². The van der Waals surface area contributed by atoms with Gasteiger partial charge in [0.25, 0.3) is 0 Å². The van der Waals surface area contributed by atoms with Crippen molar-refractivity contribution in [1.29, 1.82) is 0 Å². The first-order valence-electron chi connectivity index (χ1n) is 7.29. The summed E-state index contributed by atoms with van der Waals surface area (Å²) >= 11 is 0. The third-order valence-corrected chi connectivity index (χ3v) is 4.53. The van der Waals surface area contributed by atoms with Crippen LogP contribution in [0.3, 0.4) is 0 Å². The molecule has 20 heavy (non-hydrogen) atoms. The zero-order valence-electron chi connectivity index (χ0n) is 12.6. The van der Waals surface area contributed by atoms with Crippen molar-refractivity contribution in [2.45, 2.75) is 38.3 Å². The maximum atomic E-state index is 13.1. The van der Waals surface area contributed by atoms with Crippen LogP contribution in [-0.2, 0) is 4.74 Å². The topological polar surface area (TPSA) is 38.5 Å². The van der Waals surface area contributed by atoms with E-state index in [4.69, 9.17) is 10.5 Å². The second kappa shape index (κ2) is 6.10. The van der Waals surface area contributed by atoms with Gasteiger partial charge < -0.3 is 15.4 Å². The Hall–Kier alpha value is -1.13. The van der Waals surface area contributed by atoms with Crippen molar-refractivity contribution in [3.8, 4) is 0 Å². The lowest BCUT2D eigenvalue weighted by Gasteiger charge is -2.48. The first-order valence-corrected chi connectivity index (χ1v) is 7.29. The van der Waals surface area contributed by atoms with Gasteiger partial charge in [0.1, 0.15) is 5.82 Å². The van der Waals surface area contributed by atoms with Crippen LogP contribution in [0.25, 0.3) is 0 Å². The number of halogens is 1. The highest BCUT2D eigenvalue weighted by atomic mass is 19.1. The SMILES string of the molecule is CC(C)C1CC(CN)(N(C)c2ccc(F)cc2)CCO1. The fourth-order valence-electron chi connectivity index (χ4n) is 2.93. The van der Waals surface area contributed by atoms with E-state index in [0.29, 0.717) is 12.5 Å². The van der Waals surface area contributed by atoms with Gasteiger partial charge in [-0.15, -0.1) is 0 Å². The predicted molar refractivity (Wildman–Crippen MR) is 80.4 cm³/mol. The third-order valence-electron chi connectivity index (χ3n) is 4.53. The highest BCUT2D eigenvalue weighted by Gasteiger charge is 2.40. The number of rotatable bonds is 4. The number of benzene rings is 1. The molecule has 0 saturated carbocycles. The van der Waals surface area contributed by atoms with Crippen molar-refractivity contribution in [2.24, 2.45) is 11.7 Å². The molecular weight excluding hydrogens is 255 g/mol. The molecule has 2 unspecified atom stereocenters. The molecule has 2 atom stereocenters. The number of likely N-dealkylation sites (N-methyl/N-ethyl adjacent to an activating group) is 1. The Morgan fingerprint density at radius 2 is 2.05 bits per heavy atom. The number of anilines is 1. The molecule has 3 nitrogen and oxygen atoms in total. The molecule has 1 heterocycles. The lowest BCUT2D eigenvalue weighted by atomic mass is 9.81. The molecule has 0 radical (unpaired) electrons. The summed E-state index contributed by atoms with van der Waals surface area (Å²) in [5, 5.41) is 0. The van der Waals surface area contributed by atoms with E-state index in [1.54, 1.807) is 0 Å². The van der Waals surface area contributed by atoms with Gasteiger partial charge in [-0.05, 0) is 43.0 Å². The maximum absolute atomic E-state index is 13.1. The Morgan fingerprint density at radius 1 is 1.40 bits per heavy atom. The molecule has 1 aliphatic rings. The zero-order chi connectivity index (χ0) is 14.8. The summed E-state index contributed by atoms with van der Waals surface area (Å²) in [6.07, 6.45) is 2.05. The van der Waals surface area contributed by atoms with E-state index >= 15 is 0 Å². The molecule has 0 aromatic heterocycles. The van der Waals surface area contributed by atoms with Crippen molar-refractivity contribution in [1.82, 2.24) is 0 Å². The monoisotopic (exact) mass is 280 g/mol. The normalized spacial score (nSPS) is 26.8. The minimum absolute atomic E-state index is 0.106. The van der Waals surface area contributed by atoms with Crippen molar-refractivity contribution >= 4 is 5.69 Å². The smallest absolute Gasteiger partial charge is 0.123 e. The average molecular weight is 280 g/mol. The molecule has 0 spiro atoms. The molecule has 2 rings (SSSR count). The van der Waals surface area contributed by atoms with Gasteiger partial charge in [0, 0.05) is 25.9 Å². The van der Waals surface area contributed by atoms with E-state index in [1.807, 2.05) is 19.2 Å². The molecule has 0 amide bonds. The highest BCUT2D eigenvalue weighted by Crippen LogP contribution is 2.35.